The summed E-state index contributed by atoms with van der Waals surface area (Å²) in [7, 11) is 1.71. The molecule has 0 bridgehead atoms. The van der Waals surface area contributed by atoms with Crippen LogP contribution >= 0.6 is 0 Å². The number of pyridine rings is 1. The summed E-state index contributed by atoms with van der Waals surface area (Å²) in [5.41, 5.74) is 0.998. The topological polar surface area (TPSA) is 106 Å². The number of carbonyl (C=O) groups is 1. The van der Waals surface area contributed by atoms with E-state index in [-0.39, 0.29) is 22.6 Å². The Kier molecular flexibility index (Phi) is 4.64. The minimum Gasteiger partial charge on any atom is -0.351 e. The fourth-order valence-electron chi connectivity index (χ4n) is 3.20. The molecule has 3 rings (SSSR count). The predicted octanol–water partition coefficient (Wildman–Crippen LogP) is 1.43. The highest BCUT2D eigenvalue weighted by molar-refractivity contribution is 5.94. The zero-order valence-corrected chi connectivity index (χ0v) is 14.2. The van der Waals surface area contributed by atoms with E-state index in [1.807, 2.05) is 4.90 Å². The molecule has 3 heterocycles. The first kappa shape index (κ1) is 16.9. The van der Waals surface area contributed by atoms with Crippen molar-refractivity contribution >= 4 is 17.4 Å². The van der Waals surface area contributed by atoms with Crippen LogP contribution in [-0.4, -0.2) is 44.7 Å². The van der Waals surface area contributed by atoms with Crippen molar-refractivity contribution in [3.8, 4) is 0 Å². The maximum absolute atomic E-state index is 12.2. The molecule has 1 aliphatic rings. The molecule has 1 N–H and O–H groups in total. The number of hydrogen-bond acceptors (Lipinski definition) is 6. The minimum absolute atomic E-state index is 0.0392. The predicted molar refractivity (Wildman–Crippen MR) is 91.5 cm³/mol. The maximum Gasteiger partial charge on any atom is 0.333 e. The second kappa shape index (κ2) is 6.88. The van der Waals surface area contributed by atoms with Crippen LogP contribution in [0.2, 0.25) is 0 Å². The Bertz CT molecular complexity index is 781. The molecule has 2 aromatic rings. The summed E-state index contributed by atoms with van der Waals surface area (Å²) in [5, 5.41) is 18.5. The van der Waals surface area contributed by atoms with Gasteiger partial charge in [0, 0.05) is 38.6 Å². The molecule has 25 heavy (non-hydrogen) atoms. The molecule has 0 unspecified atom stereocenters. The van der Waals surface area contributed by atoms with Crippen LogP contribution in [-0.2, 0) is 7.05 Å². The third kappa shape index (κ3) is 3.44. The smallest absolute Gasteiger partial charge is 0.333 e. The summed E-state index contributed by atoms with van der Waals surface area (Å²) >= 11 is 0. The first-order chi connectivity index (χ1) is 12.0. The number of nitrogens with one attached hydrogen (secondary N) is 1. The van der Waals surface area contributed by atoms with Gasteiger partial charge in [0.05, 0.1) is 10.5 Å². The molecule has 0 aliphatic carbocycles. The van der Waals surface area contributed by atoms with Gasteiger partial charge in [-0.15, -0.1) is 0 Å². The molecule has 9 heteroatoms. The second-order valence-electron chi connectivity index (χ2n) is 6.11. The average molecular weight is 344 g/mol. The number of carbonyl (C=O) groups excluding carboxylic acids is 1. The Balaban J connectivity index is 1.65. The number of hydrogen-bond donors (Lipinski definition) is 1. The Morgan fingerprint density at radius 1 is 1.40 bits per heavy atom. The number of nitrogens with zero attached hydrogens (tertiary/aromatic N) is 5. The van der Waals surface area contributed by atoms with Crippen LogP contribution in [0.4, 0.5) is 11.5 Å². The maximum atomic E-state index is 12.2. The van der Waals surface area contributed by atoms with Gasteiger partial charge >= 0.3 is 5.69 Å². The SMILES string of the molecule is Cc1nn(C)c(N2CCC(NC(=O)c3cccnc3)CC2)c1[N+](=O)[O-]. The molecule has 0 saturated carbocycles. The lowest BCUT2D eigenvalue weighted by Crippen LogP contribution is -2.45. The fraction of sp³-hybridized carbons (Fsp3) is 0.438. The number of anilines is 1. The normalized spacial score (nSPS) is 15.2. The van der Waals surface area contributed by atoms with Gasteiger partial charge in [-0.25, -0.2) is 4.68 Å². The summed E-state index contributed by atoms with van der Waals surface area (Å²) in [4.78, 5) is 29.1. The van der Waals surface area contributed by atoms with Crippen molar-refractivity contribution in [3.05, 3.63) is 45.9 Å². The van der Waals surface area contributed by atoms with Crippen molar-refractivity contribution in [1.29, 1.82) is 0 Å². The largest absolute Gasteiger partial charge is 0.351 e. The van der Waals surface area contributed by atoms with Crippen LogP contribution in [0.25, 0.3) is 0 Å². The third-order valence-electron chi connectivity index (χ3n) is 4.40. The molecular weight excluding hydrogens is 324 g/mol. The van der Waals surface area contributed by atoms with Crippen LogP contribution < -0.4 is 10.2 Å². The van der Waals surface area contributed by atoms with E-state index in [0.717, 1.165) is 0 Å². The fourth-order valence-corrected chi connectivity index (χ4v) is 3.20. The van der Waals surface area contributed by atoms with Crippen LogP contribution in [0.5, 0.6) is 0 Å². The average Bonchev–Trinajstić information content (AvgIpc) is 2.90. The van der Waals surface area contributed by atoms with Crippen LogP contribution in [0.1, 0.15) is 28.9 Å². The molecule has 0 spiro atoms. The number of amides is 1. The number of nitro groups is 1. The molecule has 1 fully saturated rings. The molecule has 1 amide bonds. The van der Waals surface area contributed by atoms with Crippen molar-refractivity contribution in [3.63, 3.8) is 0 Å². The number of rotatable bonds is 4. The van der Waals surface area contributed by atoms with Crippen molar-refractivity contribution in [2.75, 3.05) is 18.0 Å². The molecule has 1 saturated heterocycles. The zero-order valence-electron chi connectivity index (χ0n) is 14.2. The van der Waals surface area contributed by atoms with E-state index in [0.29, 0.717) is 43.0 Å². The van der Waals surface area contributed by atoms with Crippen LogP contribution in [0.15, 0.2) is 24.5 Å². The lowest BCUT2D eigenvalue weighted by Gasteiger charge is -2.33. The molecule has 0 radical (unpaired) electrons. The first-order valence-corrected chi connectivity index (χ1v) is 8.11. The monoisotopic (exact) mass is 344 g/mol. The molecule has 1 aliphatic heterocycles. The molecule has 0 atom stereocenters. The first-order valence-electron chi connectivity index (χ1n) is 8.11. The van der Waals surface area contributed by atoms with Gasteiger partial charge in [-0.1, -0.05) is 0 Å². The van der Waals surface area contributed by atoms with Gasteiger partial charge in [0.15, 0.2) is 0 Å². The number of piperidine rings is 1. The van der Waals surface area contributed by atoms with E-state index in [1.54, 1.807) is 37.0 Å². The second-order valence-corrected chi connectivity index (χ2v) is 6.11. The molecule has 9 nitrogen and oxygen atoms in total. The minimum atomic E-state index is -0.381. The highest BCUT2D eigenvalue weighted by Crippen LogP contribution is 2.32. The van der Waals surface area contributed by atoms with E-state index < -0.39 is 0 Å². The summed E-state index contributed by atoms with van der Waals surface area (Å²) in [5.74, 6) is 0.383. The zero-order chi connectivity index (χ0) is 18.0. The van der Waals surface area contributed by atoms with Gasteiger partial charge in [-0.2, -0.15) is 5.10 Å². The van der Waals surface area contributed by atoms with Gasteiger partial charge in [-0.05, 0) is 31.9 Å². The standard InChI is InChI=1S/C16H20N6O3/c1-11-14(22(24)25)16(20(2)19-11)21-8-5-13(6-9-21)18-15(23)12-4-3-7-17-10-12/h3-4,7,10,13H,5-6,8-9H2,1-2H3,(H,18,23). The van der Waals surface area contributed by atoms with Gasteiger partial charge < -0.3 is 10.2 Å². The number of aromatic nitrogens is 3. The lowest BCUT2D eigenvalue weighted by molar-refractivity contribution is -0.384. The molecule has 132 valence electrons. The van der Waals surface area contributed by atoms with Gasteiger partial charge in [0.2, 0.25) is 5.82 Å². The lowest BCUT2D eigenvalue weighted by atomic mass is 10.0. The van der Waals surface area contributed by atoms with Crippen LogP contribution in [0, 0.1) is 17.0 Å². The molecular formula is C16H20N6O3. The van der Waals surface area contributed by atoms with E-state index in [1.165, 1.54) is 6.20 Å². The van der Waals surface area contributed by atoms with Crippen molar-refractivity contribution in [2.24, 2.45) is 7.05 Å². The Morgan fingerprint density at radius 2 is 2.12 bits per heavy atom. The van der Waals surface area contributed by atoms with Crippen molar-refractivity contribution in [2.45, 2.75) is 25.8 Å². The molecule has 0 aromatic carbocycles. The molecule has 2 aromatic heterocycles. The quantitative estimate of drug-likeness (QED) is 0.664. The third-order valence-corrected chi connectivity index (χ3v) is 4.40. The number of aryl methyl sites for hydroxylation is 2. The highest BCUT2D eigenvalue weighted by atomic mass is 16.6. The summed E-state index contributed by atoms with van der Waals surface area (Å²) in [6.07, 6.45) is 4.59. The van der Waals surface area contributed by atoms with Crippen molar-refractivity contribution < 1.29 is 9.72 Å². The Morgan fingerprint density at radius 3 is 2.72 bits per heavy atom. The van der Waals surface area contributed by atoms with Crippen LogP contribution in [0.3, 0.4) is 0 Å². The Hall–Kier alpha value is -2.97. The summed E-state index contributed by atoms with van der Waals surface area (Å²) < 4.78 is 1.56. The van der Waals surface area contributed by atoms with E-state index in [4.69, 9.17) is 0 Å². The van der Waals surface area contributed by atoms with Crippen molar-refractivity contribution in [1.82, 2.24) is 20.1 Å². The van der Waals surface area contributed by atoms with Gasteiger partial charge in [-0.3, -0.25) is 19.9 Å². The Labute approximate surface area is 144 Å². The van der Waals surface area contributed by atoms with Gasteiger partial charge in [0.25, 0.3) is 5.91 Å². The highest BCUT2D eigenvalue weighted by Gasteiger charge is 2.31. The summed E-state index contributed by atoms with van der Waals surface area (Å²) in [6, 6.07) is 3.48. The summed E-state index contributed by atoms with van der Waals surface area (Å²) in [6.45, 7) is 2.89. The van der Waals surface area contributed by atoms with Gasteiger partial charge in [0.1, 0.15) is 5.69 Å². The van der Waals surface area contributed by atoms with E-state index >= 15 is 0 Å². The van der Waals surface area contributed by atoms with E-state index in [2.05, 4.69) is 15.4 Å². The van der Waals surface area contributed by atoms with E-state index in [9.17, 15) is 14.9 Å².